The van der Waals surface area contributed by atoms with Crippen molar-refractivity contribution in [3.8, 4) is 0 Å². The Morgan fingerprint density at radius 3 is 2.46 bits per heavy atom. The summed E-state index contributed by atoms with van der Waals surface area (Å²) in [5.74, 6) is 0.850. The lowest BCUT2D eigenvalue weighted by Crippen LogP contribution is -2.38. The van der Waals surface area contributed by atoms with Crippen LogP contribution in [0.5, 0.6) is 0 Å². The number of nitrogens with one attached hydrogen (secondary N) is 2. The first-order valence-electron chi connectivity index (χ1n) is 7.95. The SMILES string of the molecule is CCNC(=NCCC(=O)NC(C)C)N(C)Cc1ccc(Br)cc1.I. The van der Waals surface area contributed by atoms with Crippen molar-refractivity contribution in [2.75, 3.05) is 20.1 Å². The molecule has 1 amide bonds. The summed E-state index contributed by atoms with van der Waals surface area (Å²) in [7, 11) is 2.00. The van der Waals surface area contributed by atoms with Gasteiger partial charge in [0.05, 0.1) is 6.54 Å². The van der Waals surface area contributed by atoms with Gasteiger partial charge < -0.3 is 15.5 Å². The molecule has 0 aromatic heterocycles. The monoisotopic (exact) mass is 510 g/mol. The molecule has 0 spiro atoms. The molecule has 5 nitrogen and oxygen atoms in total. The number of carbonyl (C=O) groups is 1. The van der Waals surface area contributed by atoms with Crippen LogP contribution in [0.2, 0.25) is 0 Å². The zero-order valence-electron chi connectivity index (χ0n) is 14.8. The van der Waals surface area contributed by atoms with E-state index in [9.17, 15) is 4.79 Å². The molecule has 0 radical (unpaired) electrons. The van der Waals surface area contributed by atoms with Crippen molar-refractivity contribution in [1.29, 1.82) is 0 Å². The van der Waals surface area contributed by atoms with E-state index in [0.717, 1.165) is 23.5 Å². The molecular weight excluding hydrogens is 483 g/mol. The number of aliphatic imine (C=N–C) groups is 1. The molecule has 136 valence electrons. The van der Waals surface area contributed by atoms with Gasteiger partial charge in [0.15, 0.2) is 5.96 Å². The maximum Gasteiger partial charge on any atom is 0.222 e. The minimum Gasteiger partial charge on any atom is -0.357 e. The Morgan fingerprint density at radius 1 is 1.29 bits per heavy atom. The highest BCUT2D eigenvalue weighted by atomic mass is 127. The summed E-state index contributed by atoms with van der Waals surface area (Å²) in [6.07, 6.45) is 0.402. The number of halogens is 2. The quantitative estimate of drug-likeness (QED) is 0.336. The number of amides is 1. The van der Waals surface area contributed by atoms with Gasteiger partial charge in [-0.25, -0.2) is 0 Å². The van der Waals surface area contributed by atoms with Gasteiger partial charge in [0.2, 0.25) is 5.91 Å². The standard InChI is InChI=1S/C17H27BrN4O.HI/c1-5-19-17(20-11-10-16(23)21-13(2)3)22(4)12-14-6-8-15(18)9-7-14;/h6-9,13H,5,10-12H2,1-4H3,(H,19,20)(H,21,23);1H. The van der Waals surface area contributed by atoms with E-state index < -0.39 is 0 Å². The van der Waals surface area contributed by atoms with Gasteiger partial charge >= 0.3 is 0 Å². The van der Waals surface area contributed by atoms with Crippen LogP contribution in [0.3, 0.4) is 0 Å². The summed E-state index contributed by atoms with van der Waals surface area (Å²) in [4.78, 5) is 18.3. The van der Waals surface area contributed by atoms with Crippen LogP contribution in [0.25, 0.3) is 0 Å². The smallest absolute Gasteiger partial charge is 0.222 e. The molecule has 7 heteroatoms. The summed E-state index contributed by atoms with van der Waals surface area (Å²) in [6, 6.07) is 8.40. The van der Waals surface area contributed by atoms with Gasteiger partial charge in [0.1, 0.15) is 0 Å². The fourth-order valence-corrected chi connectivity index (χ4v) is 2.33. The molecule has 0 saturated carbocycles. The second-order valence-electron chi connectivity index (χ2n) is 5.69. The number of rotatable bonds is 7. The third-order valence-corrected chi connectivity index (χ3v) is 3.61. The predicted molar refractivity (Wildman–Crippen MR) is 115 cm³/mol. The topological polar surface area (TPSA) is 56.7 Å². The summed E-state index contributed by atoms with van der Waals surface area (Å²) >= 11 is 3.44. The van der Waals surface area contributed by atoms with E-state index in [0.29, 0.717) is 13.0 Å². The van der Waals surface area contributed by atoms with Crippen LogP contribution in [0.4, 0.5) is 0 Å². The molecule has 24 heavy (non-hydrogen) atoms. The molecule has 1 rings (SSSR count). The van der Waals surface area contributed by atoms with Crippen molar-refractivity contribution in [3.05, 3.63) is 34.3 Å². The Hall–Kier alpha value is -0.830. The first kappa shape index (κ1) is 23.2. The van der Waals surface area contributed by atoms with Crippen molar-refractivity contribution in [2.45, 2.75) is 39.8 Å². The van der Waals surface area contributed by atoms with E-state index in [4.69, 9.17) is 0 Å². The fraction of sp³-hybridized carbons (Fsp3) is 0.529. The molecule has 0 fully saturated rings. The zero-order valence-corrected chi connectivity index (χ0v) is 18.7. The molecule has 2 N–H and O–H groups in total. The maximum atomic E-state index is 11.7. The van der Waals surface area contributed by atoms with Crippen LogP contribution in [-0.2, 0) is 11.3 Å². The van der Waals surface area contributed by atoms with Gasteiger partial charge in [-0.05, 0) is 38.5 Å². The molecule has 0 unspecified atom stereocenters. The van der Waals surface area contributed by atoms with Crippen LogP contribution in [-0.4, -0.2) is 42.9 Å². The highest BCUT2D eigenvalue weighted by Crippen LogP contribution is 2.11. The maximum absolute atomic E-state index is 11.7. The van der Waals surface area contributed by atoms with Crippen LogP contribution >= 0.6 is 39.9 Å². The van der Waals surface area contributed by atoms with Gasteiger partial charge in [0, 0.05) is 37.1 Å². The van der Waals surface area contributed by atoms with Crippen LogP contribution < -0.4 is 10.6 Å². The van der Waals surface area contributed by atoms with Crippen molar-refractivity contribution in [2.24, 2.45) is 4.99 Å². The Morgan fingerprint density at radius 2 is 1.92 bits per heavy atom. The Balaban J connectivity index is 0.00000529. The second-order valence-corrected chi connectivity index (χ2v) is 6.61. The van der Waals surface area contributed by atoms with E-state index >= 15 is 0 Å². The van der Waals surface area contributed by atoms with Crippen LogP contribution in [0.1, 0.15) is 32.8 Å². The zero-order chi connectivity index (χ0) is 17.2. The van der Waals surface area contributed by atoms with E-state index in [1.807, 2.05) is 40.0 Å². The lowest BCUT2D eigenvalue weighted by Gasteiger charge is -2.22. The first-order valence-corrected chi connectivity index (χ1v) is 8.75. The molecule has 0 heterocycles. The Kier molecular flexibility index (Phi) is 12.1. The highest BCUT2D eigenvalue weighted by molar-refractivity contribution is 14.0. The first-order chi connectivity index (χ1) is 10.9. The molecular formula is C17H28BrIN4O. The molecule has 1 aromatic carbocycles. The van der Waals surface area contributed by atoms with Gasteiger partial charge in [-0.2, -0.15) is 0 Å². The average molecular weight is 511 g/mol. The highest BCUT2D eigenvalue weighted by Gasteiger charge is 2.07. The van der Waals surface area contributed by atoms with Gasteiger partial charge in [-0.1, -0.05) is 28.1 Å². The Bertz CT molecular complexity index is 520. The van der Waals surface area contributed by atoms with Crippen LogP contribution in [0, 0.1) is 0 Å². The minimum absolute atomic E-state index is 0. The predicted octanol–water partition coefficient (Wildman–Crippen LogP) is 3.38. The number of nitrogens with zero attached hydrogens (tertiary/aromatic N) is 2. The number of benzene rings is 1. The van der Waals surface area contributed by atoms with Gasteiger partial charge in [-0.3, -0.25) is 9.79 Å². The molecule has 0 aliphatic heterocycles. The number of guanidine groups is 1. The molecule has 0 bridgehead atoms. The molecule has 1 aromatic rings. The molecule has 0 atom stereocenters. The summed E-state index contributed by atoms with van der Waals surface area (Å²) in [5.41, 5.74) is 1.21. The van der Waals surface area contributed by atoms with Crippen LogP contribution in [0.15, 0.2) is 33.7 Å². The largest absolute Gasteiger partial charge is 0.357 e. The molecule has 0 aliphatic rings. The van der Waals surface area contributed by atoms with Crippen molar-refractivity contribution in [1.82, 2.24) is 15.5 Å². The van der Waals surface area contributed by atoms with E-state index in [2.05, 4.69) is 48.6 Å². The summed E-state index contributed by atoms with van der Waals surface area (Å²) < 4.78 is 1.07. The third-order valence-electron chi connectivity index (χ3n) is 3.08. The van der Waals surface area contributed by atoms with E-state index in [1.165, 1.54) is 5.56 Å². The molecule has 0 aliphatic carbocycles. The Labute approximate surface area is 170 Å². The van der Waals surface area contributed by atoms with E-state index in [1.54, 1.807) is 0 Å². The van der Waals surface area contributed by atoms with E-state index in [-0.39, 0.29) is 35.9 Å². The fourth-order valence-electron chi connectivity index (χ4n) is 2.07. The van der Waals surface area contributed by atoms with Gasteiger partial charge in [-0.15, -0.1) is 24.0 Å². The second kappa shape index (κ2) is 12.5. The number of hydrogen-bond acceptors (Lipinski definition) is 2. The third kappa shape index (κ3) is 9.46. The number of carbonyl (C=O) groups excluding carboxylic acids is 1. The van der Waals surface area contributed by atoms with Crippen molar-refractivity contribution in [3.63, 3.8) is 0 Å². The average Bonchev–Trinajstić information content (AvgIpc) is 2.48. The lowest BCUT2D eigenvalue weighted by atomic mass is 10.2. The summed E-state index contributed by atoms with van der Waals surface area (Å²) in [5, 5.41) is 6.14. The van der Waals surface area contributed by atoms with Crippen molar-refractivity contribution < 1.29 is 4.79 Å². The van der Waals surface area contributed by atoms with Gasteiger partial charge in [0.25, 0.3) is 0 Å². The lowest BCUT2D eigenvalue weighted by molar-refractivity contribution is -0.121. The molecule has 0 saturated heterocycles. The minimum atomic E-state index is 0. The summed E-state index contributed by atoms with van der Waals surface area (Å²) in [6.45, 7) is 7.98. The number of hydrogen-bond donors (Lipinski definition) is 2. The normalized spacial score (nSPS) is 11.0. The van der Waals surface area contributed by atoms with Crippen molar-refractivity contribution >= 4 is 51.8 Å².